The molecule has 0 amide bonds. The van der Waals surface area contributed by atoms with Gasteiger partial charge < -0.3 is 0 Å². The third-order valence-corrected chi connectivity index (χ3v) is 4.84. The quantitative estimate of drug-likeness (QED) is 0.545. The monoisotopic (exact) mass is 342 g/mol. The minimum Gasteiger partial charge on any atom is -0.173 e. The predicted octanol–water partition coefficient (Wildman–Crippen LogP) is 6.37. The molecule has 0 aliphatic heterocycles. The molecule has 0 radical (unpaired) electrons. The smallest absolute Gasteiger partial charge is 0.173 e. The van der Waals surface area contributed by atoms with Crippen molar-refractivity contribution in [3.8, 4) is 0 Å². The number of halogens is 3. The lowest BCUT2D eigenvalue weighted by Gasteiger charge is -2.28. The molecule has 0 atom stereocenters. The molecule has 0 aromatic heterocycles. The van der Waals surface area contributed by atoms with Gasteiger partial charge in [-0.2, -0.15) is 8.78 Å². The van der Waals surface area contributed by atoms with Crippen molar-refractivity contribution < 1.29 is 8.78 Å². The molecule has 2 rings (SSSR count). The second-order valence-electron chi connectivity index (χ2n) is 5.65. The van der Waals surface area contributed by atoms with Crippen molar-refractivity contribution in [3.63, 3.8) is 0 Å². The Kier molecular flexibility index (Phi) is 6.21. The number of hydrogen-bond acceptors (Lipinski definition) is 0. The van der Waals surface area contributed by atoms with E-state index >= 15 is 0 Å². The average Bonchev–Trinajstić information content (AvgIpc) is 2.46. The fourth-order valence-electron chi connectivity index (χ4n) is 3.14. The van der Waals surface area contributed by atoms with E-state index in [9.17, 15) is 8.78 Å². The van der Waals surface area contributed by atoms with E-state index in [1.54, 1.807) is 12.1 Å². The first-order valence-electron chi connectivity index (χ1n) is 7.37. The summed E-state index contributed by atoms with van der Waals surface area (Å²) in [5.74, 6) is 1.50. The Morgan fingerprint density at radius 1 is 1.10 bits per heavy atom. The van der Waals surface area contributed by atoms with Crippen molar-refractivity contribution in [3.05, 3.63) is 41.5 Å². The number of alkyl halides is 1. The lowest BCUT2D eigenvalue weighted by Crippen LogP contribution is -2.13. The van der Waals surface area contributed by atoms with Crippen molar-refractivity contribution in [1.29, 1.82) is 0 Å². The molecule has 110 valence electrons. The minimum atomic E-state index is -1.63. The van der Waals surface area contributed by atoms with Crippen LogP contribution in [0, 0.1) is 5.92 Å². The van der Waals surface area contributed by atoms with Gasteiger partial charge in [-0.1, -0.05) is 40.2 Å². The average molecular weight is 343 g/mol. The van der Waals surface area contributed by atoms with E-state index in [1.807, 2.05) is 12.1 Å². The molecule has 1 saturated carbocycles. The standard InChI is InChI=1S/C17H21BrF2/c18-11-1-2-13-3-7-15(8-4-13)16-9-5-14(6-10-16)12-17(19)20/h5-6,9-10,12-13,15H,1-4,7-8,11H2/t13-,15-. The summed E-state index contributed by atoms with van der Waals surface area (Å²) in [4.78, 5) is 0. The molecule has 0 spiro atoms. The van der Waals surface area contributed by atoms with Gasteiger partial charge in [0.15, 0.2) is 0 Å². The Morgan fingerprint density at radius 3 is 2.30 bits per heavy atom. The molecule has 20 heavy (non-hydrogen) atoms. The van der Waals surface area contributed by atoms with E-state index in [4.69, 9.17) is 0 Å². The van der Waals surface area contributed by atoms with E-state index in [2.05, 4.69) is 15.9 Å². The topological polar surface area (TPSA) is 0 Å². The zero-order chi connectivity index (χ0) is 14.4. The van der Waals surface area contributed by atoms with Crippen LogP contribution in [-0.4, -0.2) is 5.33 Å². The summed E-state index contributed by atoms with van der Waals surface area (Å²) in [5.41, 5.74) is 1.89. The van der Waals surface area contributed by atoms with Crippen molar-refractivity contribution in [1.82, 2.24) is 0 Å². The zero-order valence-electron chi connectivity index (χ0n) is 11.6. The van der Waals surface area contributed by atoms with Gasteiger partial charge in [0.25, 0.3) is 6.08 Å². The van der Waals surface area contributed by atoms with Crippen molar-refractivity contribution in [2.75, 3.05) is 5.33 Å². The molecule has 0 saturated heterocycles. The van der Waals surface area contributed by atoms with E-state index in [-0.39, 0.29) is 0 Å². The highest BCUT2D eigenvalue weighted by Gasteiger charge is 2.21. The highest BCUT2D eigenvalue weighted by Crippen LogP contribution is 2.37. The third kappa shape index (κ3) is 4.69. The summed E-state index contributed by atoms with van der Waals surface area (Å²) >= 11 is 3.49. The van der Waals surface area contributed by atoms with Gasteiger partial charge in [0.05, 0.1) is 0 Å². The first-order valence-corrected chi connectivity index (χ1v) is 8.50. The summed E-state index contributed by atoms with van der Waals surface area (Å²) in [5, 5.41) is 1.10. The Balaban J connectivity index is 1.89. The van der Waals surface area contributed by atoms with Crippen LogP contribution >= 0.6 is 15.9 Å². The molecule has 0 nitrogen and oxygen atoms in total. The predicted molar refractivity (Wildman–Crippen MR) is 84.4 cm³/mol. The molecule has 1 aliphatic carbocycles. The Bertz CT molecular complexity index is 427. The normalized spacial score (nSPS) is 22.6. The van der Waals surface area contributed by atoms with Crippen molar-refractivity contribution in [2.24, 2.45) is 5.92 Å². The summed E-state index contributed by atoms with van der Waals surface area (Å²) < 4.78 is 24.4. The molecule has 1 aliphatic rings. The molecule has 0 heterocycles. The van der Waals surface area contributed by atoms with Crippen LogP contribution in [0.2, 0.25) is 0 Å². The molecule has 0 unspecified atom stereocenters. The second kappa shape index (κ2) is 7.92. The summed E-state index contributed by atoms with van der Waals surface area (Å²) in [6.07, 6.45) is 6.96. The van der Waals surface area contributed by atoms with Crippen LogP contribution in [0.25, 0.3) is 6.08 Å². The highest BCUT2D eigenvalue weighted by molar-refractivity contribution is 9.09. The number of benzene rings is 1. The van der Waals surface area contributed by atoms with Crippen molar-refractivity contribution >= 4 is 22.0 Å². The Hall–Kier alpha value is -0.700. The van der Waals surface area contributed by atoms with Crippen LogP contribution in [0.4, 0.5) is 8.78 Å². The van der Waals surface area contributed by atoms with Crippen LogP contribution in [-0.2, 0) is 0 Å². The lowest BCUT2D eigenvalue weighted by atomic mass is 9.77. The molecule has 0 N–H and O–H groups in total. The van der Waals surface area contributed by atoms with E-state index in [1.165, 1.54) is 44.1 Å². The Morgan fingerprint density at radius 2 is 1.75 bits per heavy atom. The molecule has 1 aromatic carbocycles. The second-order valence-corrected chi connectivity index (χ2v) is 6.44. The van der Waals surface area contributed by atoms with Crippen molar-refractivity contribution in [2.45, 2.75) is 44.4 Å². The highest BCUT2D eigenvalue weighted by atomic mass is 79.9. The number of hydrogen-bond donors (Lipinski definition) is 0. The van der Waals surface area contributed by atoms with Gasteiger partial charge in [0.1, 0.15) is 0 Å². The third-order valence-electron chi connectivity index (χ3n) is 4.28. The summed E-state index contributed by atoms with van der Waals surface area (Å²) in [7, 11) is 0. The molecular formula is C17H21BrF2. The molecule has 1 aromatic rings. The SMILES string of the molecule is FC(F)=Cc1ccc([C@H]2CC[C@H](CCCBr)CC2)cc1. The fraction of sp³-hybridized carbons (Fsp3) is 0.529. The maximum atomic E-state index is 12.2. The zero-order valence-corrected chi connectivity index (χ0v) is 13.2. The van der Waals surface area contributed by atoms with Gasteiger partial charge in [-0.3, -0.25) is 0 Å². The molecule has 1 fully saturated rings. The van der Waals surface area contributed by atoms with Gasteiger partial charge in [0.2, 0.25) is 0 Å². The largest absolute Gasteiger partial charge is 0.270 e. The van der Waals surface area contributed by atoms with Gasteiger partial charge in [-0.15, -0.1) is 0 Å². The van der Waals surface area contributed by atoms with Crippen LogP contribution in [0.5, 0.6) is 0 Å². The van der Waals surface area contributed by atoms with Gasteiger partial charge >= 0.3 is 0 Å². The number of rotatable bonds is 5. The van der Waals surface area contributed by atoms with Crippen LogP contribution in [0.1, 0.15) is 55.6 Å². The van der Waals surface area contributed by atoms with E-state index in [0.29, 0.717) is 11.5 Å². The molecule has 3 heteroatoms. The van der Waals surface area contributed by atoms with Gasteiger partial charge in [-0.25, -0.2) is 0 Å². The fourth-order valence-corrected chi connectivity index (χ4v) is 3.46. The lowest BCUT2D eigenvalue weighted by molar-refractivity contribution is 0.309. The van der Waals surface area contributed by atoms with Crippen LogP contribution in [0.15, 0.2) is 30.3 Å². The van der Waals surface area contributed by atoms with Gasteiger partial charge in [0, 0.05) is 11.4 Å². The first-order chi connectivity index (χ1) is 9.69. The van der Waals surface area contributed by atoms with Crippen LogP contribution in [0.3, 0.4) is 0 Å². The maximum absolute atomic E-state index is 12.2. The van der Waals surface area contributed by atoms with Gasteiger partial charge in [-0.05, 0) is 61.5 Å². The van der Waals surface area contributed by atoms with E-state index in [0.717, 1.165) is 17.3 Å². The maximum Gasteiger partial charge on any atom is 0.270 e. The first kappa shape index (κ1) is 15.7. The van der Waals surface area contributed by atoms with E-state index < -0.39 is 6.08 Å². The Labute approximate surface area is 128 Å². The molecular weight excluding hydrogens is 322 g/mol. The molecule has 0 bridgehead atoms. The summed E-state index contributed by atoms with van der Waals surface area (Å²) in [6.45, 7) is 0. The summed E-state index contributed by atoms with van der Waals surface area (Å²) in [6, 6.07) is 7.62. The minimum absolute atomic E-state index is 0.583. The van der Waals surface area contributed by atoms with Crippen LogP contribution < -0.4 is 0 Å².